The maximum atomic E-state index is 11.5. The average molecular weight is 266 g/mol. The van der Waals surface area contributed by atoms with Crippen molar-refractivity contribution in [3.05, 3.63) is 10.6 Å². The van der Waals surface area contributed by atoms with Crippen molar-refractivity contribution in [3.8, 4) is 0 Å². The highest BCUT2D eigenvalue weighted by Gasteiger charge is 2.24. The minimum atomic E-state index is 0.127. The zero-order chi connectivity index (χ0) is 13.3. The lowest BCUT2D eigenvalue weighted by Crippen LogP contribution is -2.34. The summed E-state index contributed by atoms with van der Waals surface area (Å²) in [6.45, 7) is 5.87. The van der Waals surface area contributed by atoms with Gasteiger partial charge < -0.3 is 4.90 Å². The quantitative estimate of drug-likeness (QED) is 0.783. The Labute approximate surface area is 113 Å². The standard InChI is InChI=1S/C14H22N2OS/c1-9-5-7-12(8-6-9)16(4)14-15-10(2)13(18-14)11(3)17/h9,12H,5-8H2,1-4H3. The molecule has 0 N–H and O–H groups in total. The number of aromatic nitrogens is 1. The van der Waals surface area contributed by atoms with Crippen molar-refractivity contribution in [2.75, 3.05) is 11.9 Å². The number of carbonyl (C=O) groups is 1. The van der Waals surface area contributed by atoms with E-state index in [0.717, 1.165) is 21.6 Å². The molecule has 1 aromatic heterocycles. The lowest BCUT2D eigenvalue weighted by Gasteiger charge is -2.33. The maximum absolute atomic E-state index is 11.5. The summed E-state index contributed by atoms with van der Waals surface area (Å²) in [7, 11) is 2.11. The number of carbonyl (C=O) groups excluding carboxylic acids is 1. The van der Waals surface area contributed by atoms with Crippen molar-refractivity contribution in [1.82, 2.24) is 4.98 Å². The Morgan fingerprint density at radius 1 is 1.33 bits per heavy atom. The molecule has 0 bridgehead atoms. The van der Waals surface area contributed by atoms with Gasteiger partial charge in [0, 0.05) is 20.0 Å². The summed E-state index contributed by atoms with van der Waals surface area (Å²) >= 11 is 1.54. The van der Waals surface area contributed by atoms with E-state index in [1.165, 1.54) is 37.0 Å². The summed E-state index contributed by atoms with van der Waals surface area (Å²) in [6, 6.07) is 0.589. The molecule has 0 unspecified atom stereocenters. The van der Waals surface area contributed by atoms with Crippen LogP contribution in [0.3, 0.4) is 0 Å². The number of ketones is 1. The van der Waals surface area contributed by atoms with Gasteiger partial charge in [0.15, 0.2) is 10.9 Å². The van der Waals surface area contributed by atoms with Crippen molar-refractivity contribution in [3.63, 3.8) is 0 Å². The van der Waals surface area contributed by atoms with Crippen molar-refractivity contribution < 1.29 is 4.79 Å². The summed E-state index contributed by atoms with van der Waals surface area (Å²) in [5.41, 5.74) is 0.874. The first-order chi connectivity index (χ1) is 8.49. The molecule has 0 spiro atoms. The normalized spacial score (nSPS) is 24.0. The number of hydrogen-bond acceptors (Lipinski definition) is 4. The summed E-state index contributed by atoms with van der Waals surface area (Å²) < 4.78 is 0. The molecule has 100 valence electrons. The van der Waals surface area contributed by atoms with Crippen LogP contribution < -0.4 is 4.90 Å². The molecule has 0 amide bonds. The third kappa shape index (κ3) is 2.74. The Bertz CT molecular complexity index is 433. The number of hydrogen-bond donors (Lipinski definition) is 0. The van der Waals surface area contributed by atoms with Gasteiger partial charge in [0.25, 0.3) is 0 Å². The fraction of sp³-hybridized carbons (Fsp3) is 0.714. The number of aryl methyl sites for hydroxylation is 1. The third-order valence-corrected chi connectivity index (χ3v) is 5.29. The number of rotatable bonds is 3. The van der Waals surface area contributed by atoms with Gasteiger partial charge in [0.05, 0.1) is 10.6 Å². The van der Waals surface area contributed by atoms with Crippen LogP contribution in [0.15, 0.2) is 0 Å². The highest BCUT2D eigenvalue weighted by molar-refractivity contribution is 7.17. The summed E-state index contributed by atoms with van der Waals surface area (Å²) in [4.78, 5) is 19.1. The molecule has 3 nitrogen and oxygen atoms in total. The molecular weight excluding hydrogens is 244 g/mol. The first-order valence-corrected chi connectivity index (χ1v) is 7.52. The lowest BCUT2D eigenvalue weighted by atomic mass is 9.87. The van der Waals surface area contributed by atoms with Gasteiger partial charge in [-0.05, 0) is 38.5 Å². The van der Waals surface area contributed by atoms with Gasteiger partial charge in [-0.25, -0.2) is 4.98 Å². The van der Waals surface area contributed by atoms with Crippen LogP contribution in [-0.2, 0) is 0 Å². The van der Waals surface area contributed by atoms with E-state index in [1.807, 2.05) is 6.92 Å². The van der Waals surface area contributed by atoms with Crippen LogP contribution >= 0.6 is 11.3 Å². The zero-order valence-electron chi connectivity index (χ0n) is 11.7. The molecule has 2 rings (SSSR count). The van der Waals surface area contributed by atoms with Crippen LogP contribution in [0.4, 0.5) is 5.13 Å². The SMILES string of the molecule is CC(=O)c1sc(N(C)C2CCC(C)CC2)nc1C. The van der Waals surface area contributed by atoms with Crippen LogP contribution in [0, 0.1) is 12.8 Å². The third-order valence-electron chi connectivity index (χ3n) is 3.94. The zero-order valence-corrected chi connectivity index (χ0v) is 12.5. The number of anilines is 1. The number of nitrogens with zero attached hydrogens (tertiary/aromatic N) is 2. The molecule has 1 saturated carbocycles. The van der Waals surface area contributed by atoms with E-state index in [1.54, 1.807) is 6.92 Å². The monoisotopic (exact) mass is 266 g/mol. The maximum Gasteiger partial charge on any atom is 0.186 e. The van der Waals surface area contributed by atoms with Crippen LogP contribution in [0.1, 0.15) is 54.9 Å². The molecule has 1 aromatic rings. The Balaban J connectivity index is 2.11. The molecule has 1 aliphatic carbocycles. The summed E-state index contributed by atoms with van der Waals surface area (Å²) in [5.74, 6) is 0.988. The van der Waals surface area contributed by atoms with E-state index in [0.29, 0.717) is 6.04 Å². The van der Waals surface area contributed by atoms with E-state index in [2.05, 4.69) is 23.9 Å². The van der Waals surface area contributed by atoms with Crippen molar-refractivity contribution in [2.24, 2.45) is 5.92 Å². The molecule has 4 heteroatoms. The van der Waals surface area contributed by atoms with Gasteiger partial charge in [-0.3, -0.25) is 4.79 Å². The smallest absolute Gasteiger partial charge is 0.186 e. The van der Waals surface area contributed by atoms with Crippen molar-refractivity contribution in [2.45, 2.75) is 52.5 Å². The van der Waals surface area contributed by atoms with E-state index in [-0.39, 0.29) is 5.78 Å². The predicted molar refractivity (Wildman–Crippen MR) is 76.7 cm³/mol. The predicted octanol–water partition coefficient (Wildman–Crippen LogP) is 3.67. The fourth-order valence-corrected chi connectivity index (χ4v) is 3.64. The molecular formula is C14H22N2OS. The molecule has 0 aromatic carbocycles. The Kier molecular flexibility index (Phi) is 4.05. The van der Waals surface area contributed by atoms with E-state index >= 15 is 0 Å². The van der Waals surface area contributed by atoms with Crippen LogP contribution in [0.25, 0.3) is 0 Å². The van der Waals surface area contributed by atoms with Gasteiger partial charge in [0.2, 0.25) is 0 Å². The Morgan fingerprint density at radius 2 is 1.94 bits per heavy atom. The lowest BCUT2D eigenvalue weighted by molar-refractivity contribution is 0.102. The van der Waals surface area contributed by atoms with Gasteiger partial charge in [-0.2, -0.15) is 0 Å². The minimum Gasteiger partial charge on any atom is -0.348 e. The summed E-state index contributed by atoms with van der Waals surface area (Å²) in [6.07, 6.45) is 5.09. The molecule has 0 atom stereocenters. The fourth-order valence-electron chi connectivity index (χ4n) is 2.65. The number of thiazole rings is 1. The van der Waals surface area contributed by atoms with Gasteiger partial charge in [0.1, 0.15) is 0 Å². The van der Waals surface area contributed by atoms with Crippen molar-refractivity contribution >= 4 is 22.3 Å². The molecule has 0 radical (unpaired) electrons. The average Bonchev–Trinajstić information content (AvgIpc) is 2.71. The molecule has 1 fully saturated rings. The first kappa shape index (κ1) is 13.5. The molecule has 1 heterocycles. The van der Waals surface area contributed by atoms with Gasteiger partial charge >= 0.3 is 0 Å². The highest BCUT2D eigenvalue weighted by atomic mass is 32.1. The van der Waals surface area contributed by atoms with E-state index in [9.17, 15) is 4.79 Å². The molecule has 1 aliphatic rings. The molecule has 0 aliphatic heterocycles. The topological polar surface area (TPSA) is 33.2 Å². The largest absolute Gasteiger partial charge is 0.348 e. The van der Waals surface area contributed by atoms with Gasteiger partial charge in [-0.15, -0.1) is 0 Å². The summed E-state index contributed by atoms with van der Waals surface area (Å²) in [5, 5.41) is 0.997. The Hall–Kier alpha value is -0.900. The second-order valence-electron chi connectivity index (χ2n) is 5.49. The van der Waals surface area contributed by atoms with Crippen LogP contribution in [-0.4, -0.2) is 23.9 Å². The second kappa shape index (κ2) is 5.39. The minimum absolute atomic E-state index is 0.127. The first-order valence-electron chi connectivity index (χ1n) is 6.70. The van der Waals surface area contributed by atoms with E-state index in [4.69, 9.17) is 0 Å². The molecule has 18 heavy (non-hydrogen) atoms. The second-order valence-corrected chi connectivity index (χ2v) is 6.47. The van der Waals surface area contributed by atoms with Crippen LogP contribution in [0.5, 0.6) is 0 Å². The Morgan fingerprint density at radius 3 is 2.44 bits per heavy atom. The van der Waals surface area contributed by atoms with Gasteiger partial charge in [-0.1, -0.05) is 18.3 Å². The highest BCUT2D eigenvalue weighted by Crippen LogP contribution is 2.32. The molecule has 0 saturated heterocycles. The number of Topliss-reactive ketones (excluding diaryl/α,β-unsaturated/α-hetero) is 1. The van der Waals surface area contributed by atoms with Crippen LogP contribution in [0.2, 0.25) is 0 Å². The van der Waals surface area contributed by atoms with E-state index < -0.39 is 0 Å². The van der Waals surface area contributed by atoms with Crippen molar-refractivity contribution in [1.29, 1.82) is 0 Å².